The van der Waals surface area contributed by atoms with Gasteiger partial charge in [-0.3, -0.25) is 0 Å². The van der Waals surface area contributed by atoms with Gasteiger partial charge in [0.25, 0.3) is 0 Å². The maximum absolute atomic E-state index is 3.95. The van der Waals surface area contributed by atoms with Crippen LogP contribution in [0.25, 0.3) is 0 Å². The highest BCUT2D eigenvalue weighted by Gasteiger charge is 2.07. The number of hydrogen-bond donors (Lipinski definition) is 0. The van der Waals surface area contributed by atoms with Gasteiger partial charge >= 0.3 is 0 Å². The van der Waals surface area contributed by atoms with Crippen molar-refractivity contribution in [3.8, 4) is 0 Å². The molecule has 1 atom stereocenters. The maximum atomic E-state index is 3.95. The summed E-state index contributed by atoms with van der Waals surface area (Å²) in [7, 11) is 0. The van der Waals surface area contributed by atoms with Gasteiger partial charge in [-0.25, -0.2) is 0 Å². The maximum Gasteiger partial charge on any atom is 0.104 e. The van der Waals surface area contributed by atoms with E-state index in [9.17, 15) is 0 Å². The van der Waals surface area contributed by atoms with Crippen molar-refractivity contribution in [2.24, 2.45) is 0 Å². The normalized spacial score (nSPS) is 13.4. The summed E-state index contributed by atoms with van der Waals surface area (Å²) in [5, 5.41) is 4.63. The van der Waals surface area contributed by atoms with E-state index >= 15 is 0 Å². The van der Waals surface area contributed by atoms with E-state index in [2.05, 4.69) is 23.4 Å². The third-order valence-corrected chi connectivity index (χ3v) is 3.88. The summed E-state index contributed by atoms with van der Waals surface area (Å²) in [6, 6.07) is 0. The fourth-order valence-electron chi connectivity index (χ4n) is 0.598. The van der Waals surface area contributed by atoms with Gasteiger partial charge in [-0.1, -0.05) is 18.3 Å². The molecule has 0 aliphatic rings. The van der Waals surface area contributed by atoms with Crippen molar-refractivity contribution in [3.63, 3.8) is 0 Å². The van der Waals surface area contributed by atoms with Gasteiger partial charge in [-0.05, 0) is 24.9 Å². The largest absolute Gasteiger partial charge is 0.142 e. The Labute approximate surface area is 75.6 Å². The second kappa shape index (κ2) is 4.07. The van der Waals surface area contributed by atoms with Crippen LogP contribution < -0.4 is 0 Å². The third-order valence-electron chi connectivity index (χ3n) is 1.49. The summed E-state index contributed by atoms with van der Waals surface area (Å²) >= 11 is 3.37. The highest BCUT2D eigenvalue weighted by molar-refractivity contribution is 8.01. The molecule has 0 aromatic carbocycles. The van der Waals surface area contributed by atoms with Gasteiger partial charge in [-0.2, -0.15) is 0 Å². The smallest absolute Gasteiger partial charge is 0.104 e. The molecule has 1 heterocycles. The van der Waals surface area contributed by atoms with E-state index < -0.39 is 0 Å². The first-order valence-corrected chi connectivity index (χ1v) is 5.35. The predicted octanol–water partition coefficient (Wildman–Crippen LogP) is 2.74. The average Bonchev–Trinajstić information content (AvgIpc) is 2.37. The second-order valence-corrected chi connectivity index (χ2v) is 4.94. The van der Waals surface area contributed by atoms with Crippen LogP contribution in [0.5, 0.6) is 0 Å². The Balaban J connectivity index is 2.56. The first kappa shape index (κ1) is 9.00. The number of hydrogen-bond acceptors (Lipinski definition) is 4. The number of nitrogens with zero attached hydrogens (tertiary/aromatic N) is 2. The Bertz CT molecular complexity index is 222. The number of thioether (sulfide) groups is 1. The van der Waals surface area contributed by atoms with E-state index in [-0.39, 0.29) is 0 Å². The first-order chi connectivity index (χ1) is 5.24. The highest BCUT2D eigenvalue weighted by Crippen LogP contribution is 2.29. The van der Waals surface area contributed by atoms with Gasteiger partial charge in [0.15, 0.2) is 0 Å². The van der Waals surface area contributed by atoms with E-state index in [0.717, 1.165) is 5.69 Å². The lowest BCUT2D eigenvalue weighted by Gasteiger charge is -2.04. The molecule has 0 fully saturated rings. The van der Waals surface area contributed by atoms with E-state index in [1.165, 1.54) is 22.2 Å². The fraction of sp³-hybridized carbons (Fsp3) is 0.714. The van der Waals surface area contributed by atoms with Crippen molar-refractivity contribution < 1.29 is 0 Å². The second-order valence-electron chi connectivity index (χ2n) is 2.48. The minimum absolute atomic E-state index is 0.677. The van der Waals surface area contributed by atoms with Crippen LogP contribution in [0.1, 0.15) is 26.0 Å². The molecule has 62 valence electrons. The molecule has 4 heteroatoms. The Morgan fingerprint density at radius 3 is 2.82 bits per heavy atom. The van der Waals surface area contributed by atoms with Crippen molar-refractivity contribution >= 4 is 23.3 Å². The number of rotatable bonds is 3. The molecule has 0 aliphatic carbocycles. The highest BCUT2D eigenvalue weighted by atomic mass is 32.2. The van der Waals surface area contributed by atoms with Crippen LogP contribution in [0.15, 0.2) is 4.21 Å². The molecule has 0 saturated carbocycles. The van der Waals surface area contributed by atoms with Crippen LogP contribution in [-0.2, 0) is 0 Å². The van der Waals surface area contributed by atoms with Crippen LogP contribution in [0, 0.1) is 6.92 Å². The summed E-state index contributed by atoms with van der Waals surface area (Å²) in [4.78, 5) is 0. The Kier molecular flexibility index (Phi) is 3.33. The average molecular weight is 188 g/mol. The van der Waals surface area contributed by atoms with Gasteiger partial charge in [0, 0.05) is 5.25 Å². The van der Waals surface area contributed by atoms with E-state index in [0.29, 0.717) is 5.25 Å². The Morgan fingerprint density at radius 1 is 1.64 bits per heavy atom. The molecule has 0 bridgehead atoms. The zero-order valence-corrected chi connectivity index (χ0v) is 8.63. The summed E-state index contributed by atoms with van der Waals surface area (Å²) in [6.45, 7) is 6.43. The molecule has 0 saturated heterocycles. The zero-order chi connectivity index (χ0) is 8.27. The van der Waals surface area contributed by atoms with E-state index in [1.54, 1.807) is 0 Å². The molecule has 0 spiro atoms. The minimum atomic E-state index is 0.677. The zero-order valence-electron chi connectivity index (χ0n) is 7.00. The van der Waals surface area contributed by atoms with Crippen LogP contribution in [0.2, 0.25) is 0 Å². The molecule has 0 N–H and O–H groups in total. The predicted molar refractivity (Wildman–Crippen MR) is 50.3 cm³/mol. The van der Waals surface area contributed by atoms with Crippen LogP contribution in [-0.4, -0.2) is 14.8 Å². The summed E-state index contributed by atoms with van der Waals surface area (Å²) in [5.41, 5.74) is 1.07. The molecule has 1 rings (SSSR count). The van der Waals surface area contributed by atoms with Crippen molar-refractivity contribution in [1.82, 2.24) is 9.59 Å². The number of aryl methyl sites for hydroxylation is 1. The lowest BCUT2D eigenvalue weighted by Crippen LogP contribution is -1.91. The Morgan fingerprint density at radius 2 is 2.36 bits per heavy atom. The standard InChI is InChI=1S/C7H12N2S2/c1-4-5(2)10-7-6(3)8-9-11-7/h5H,4H2,1-3H3/t5-/m0/s1. The third kappa shape index (κ3) is 2.45. The summed E-state index contributed by atoms with van der Waals surface area (Å²) in [5.74, 6) is 0. The monoisotopic (exact) mass is 188 g/mol. The molecule has 0 amide bonds. The van der Waals surface area contributed by atoms with Gasteiger partial charge in [0.2, 0.25) is 0 Å². The first-order valence-electron chi connectivity index (χ1n) is 3.69. The van der Waals surface area contributed by atoms with Crippen molar-refractivity contribution in [1.29, 1.82) is 0 Å². The van der Waals surface area contributed by atoms with Crippen LogP contribution >= 0.6 is 23.3 Å². The lowest BCUT2D eigenvalue weighted by atomic mass is 10.4. The van der Waals surface area contributed by atoms with E-state index in [1.807, 2.05) is 18.7 Å². The van der Waals surface area contributed by atoms with Gasteiger partial charge in [0.1, 0.15) is 4.21 Å². The SMILES string of the molecule is CC[C@H](C)Sc1snnc1C. The topological polar surface area (TPSA) is 25.8 Å². The van der Waals surface area contributed by atoms with Crippen molar-refractivity contribution in [2.75, 3.05) is 0 Å². The molecule has 2 nitrogen and oxygen atoms in total. The van der Waals surface area contributed by atoms with Gasteiger partial charge in [0.05, 0.1) is 5.69 Å². The van der Waals surface area contributed by atoms with Gasteiger partial charge in [-0.15, -0.1) is 16.9 Å². The van der Waals surface area contributed by atoms with Crippen molar-refractivity contribution in [3.05, 3.63) is 5.69 Å². The molecular formula is C7H12N2S2. The van der Waals surface area contributed by atoms with Crippen molar-refractivity contribution in [2.45, 2.75) is 36.7 Å². The summed E-state index contributed by atoms with van der Waals surface area (Å²) in [6.07, 6.45) is 1.20. The molecular weight excluding hydrogens is 176 g/mol. The van der Waals surface area contributed by atoms with Crippen LogP contribution in [0.4, 0.5) is 0 Å². The molecule has 0 unspecified atom stereocenters. The Hall–Kier alpha value is -0.0900. The lowest BCUT2D eigenvalue weighted by molar-refractivity contribution is 0.905. The van der Waals surface area contributed by atoms with E-state index in [4.69, 9.17) is 0 Å². The molecule has 11 heavy (non-hydrogen) atoms. The van der Waals surface area contributed by atoms with Gasteiger partial charge < -0.3 is 0 Å². The quantitative estimate of drug-likeness (QED) is 0.682. The fourth-order valence-corrected chi connectivity index (χ4v) is 2.52. The van der Waals surface area contributed by atoms with Crippen LogP contribution in [0.3, 0.4) is 0 Å². The molecule has 1 aromatic heterocycles. The molecule has 0 radical (unpaired) electrons. The molecule has 0 aliphatic heterocycles. The molecule has 1 aromatic rings. The minimum Gasteiger partial charge on any atom is -0.142 e. The number of aromatic nitrogens is 2. The summed E-state index contributed by atoms with van der Waals surface area (Å²) < 4.78 is 5.14.